The molecule has 0 saturated heterocycles. The first-order chi connectivity index (χ1) is 13.6. The molecule has 4 aromatic rings. The minimum atomic E-state index is -0.302. The normalized spacial score (nSPS) is 10.8. The smallest absolute Gasteiger partial charge is 0.262 e. The third kappa shape index (κ3) is 4.12. The van der Waals surface area contributed by atoms with E-state index < -0.39 is 0 Å². The van der Waals surface area contributed by atoms with Crippen molar-refractivity contribution < 1.29 is 9.53 Å². The lowest BCUT2D eigenvalue weighted by atomic mass is 10.2. The lowest BCUT2D eigenvalue weighted by Gasteiger charge is -2.09. The van der Waals surface area contributed by atoms with Crippen LogP contribution < -0.4 is 10.1 Å². The number of para-hydroxylation sites is 2. The fourth-order valence-electron chi connectivity index (χ4n) is 2.66. The van der Waals surface area contributed by atoms with Crippen LogP contribution in [0.15, 0.2) is 66.7 Å². The number of carbonyl (C=O) groups excluding carboxylic acids is 1. The highest BCUT2D eigenvalue weighted by Crippen LogP contribution is 2.35. The molecule has 0 saturated carbocycles. The minimum Gasteiger partial charge on any atom is -0.482 e. The van der Waals surface area contributed by atoms with E-state index in [-0.39, 0.29) is 12.5 Å². The van der Waals surface area contributed by atoms with Crippen LogP contribution in [0.1, 0.15) is 0 Å². The number of nitrogens with one attached hydrogen (secondary N) is 1. The highest BCUT2D eigenvalue weighted by molar-refractivity contribution is 7.21. The quantitative estimate of drug-likeness (QED) is 0.406. The number of hydrogen-bond acceptors (Lipinski definition) is 4. The number of ether oxygens (including phenoxy) is 1. The maximum Gasteiger partial charge on any atom is 0.262 e. The van der Waals surface area contributed by atoms with Crippen molar-refractivity contribution >= 4 is 56.3 Å². The minimum absolute atomic E-state index is 0.152. The molecule has 1 heterocycles. The van der Waals surface area contributed by atoms with Crippen molar-refractivity contribution in [1.82, 2.24) is 4.98 Å². The Kier molecular flexibility index (Phi) is 5.48. The van der Waals surface area contributed by atoms with E-state index >= 15 is 0 Å². The van der Waals surface area contributed by atoms with Gasteiger partial charge < -0.3 is 10.1 Å². The molecule has 4 rings (SSSR count). The van der Waals surface area contributed by atoms with Crippen LogP contribution in [0.2, 0.25) is 10.0 Å². The van der Waals surface area contributed by atoms with Gasteiger partial charge >= 0.3 is 0 Å². The van der Waals surface area contributed by atoms with Gasteiger partial charge in [-0.3, -0.25) is 4.79 Å². The van der Waals surface area contributed by atoms with Crippen LogP contribution in [0.5, 0.6) is 5.75 Å². The van der Waals surface area contributed by atoms with Gasteiger partial charge in [-0.15, -0.1) is 11.3 Å². The first-order valence-electron chi connectivity index (χ1n) is 8.43. The van der Waals surface area contributed by atoms with Crippen LogP contribution in [0.3, 0.4) is 0 Å². The molecule has 0 bridgehead atoms. The van der Waals surface area contributed by atoms with Gasteiger partial charge in [0.05, 0.1) is 20.3 Å². The van der Waals surface area contributed by atoms with Gasteiger partial charge in [0.15, 0.2) is 6.61 Å². The number of carbonyl (C=O) groups is 1. The first kappa shape index (κ1) is 18.7. The second kappa shape index (κ2) is 8.19. The molecule has 0 unspecified atom stereocenters. The number of anilines is 1. The summed E-state index contributed by atoms with van der Waals surface area (Å²) in [4.78, 5) is 16.8. The van der Waals surface area contributed by atoms with Crippen molar-refractivity contribution in [2.75, 3.05) is 11.9 Å². The Labute approximate surface area is 175 Å². The maximum atomic E-state index is 12.1. The topological polar surface area (TPSA) is 51.2 Å². The molecule has 0 fully saturated rings. The number of aromatic nitrogens is 1. The third-order valence-electron chi connectivity index (χ3n) is 3.97. The number of benzene rings is 3. The fraction of sp³-hybridized carbons (Fsp3) is 0.0476. The monoisotopic (exact) mass is 428 g/mol. The number of nitrogens with zero attached hydrogens (tertiary/aromatic N) is 1. The van der Waals surface area contributed by atoms with Gasteiger partial charge in [0, 0.05) is 11.3 Å². The largest absolute Gasteiger partial charge is 0.482 e. The Morgan fingerprint density at radius 3 is 2.57 bits per heavy atom. The Morgan fingerprint density at radius 1 is 1.00 bits per heavy atom. The molecule has 0 aliphatic heterocycles. The van der Waals surface area contributed by atoms with E-state index in [9.17, 15) is 4.79 Å². The predicted molar refractivity (Wildman–Crippen MR) is 116 cm³/mol. The molecule has 7 heteroatoms. The van der Waals surface area contributed by atoms with Crippen LogP contribution >= 0.6 is 34.5 Å². The lowest BCUT2D eigenvalue weighted by Crippen LogP contribution is -2.20. The Balaban J connectivity index is 1.45. The summed E-state index contributed by atoms with van der Waals surface area (Å²) < 4.78 is 6.54. The fourth-order valence-corrected chi connectivity index (χ4v) is 4.18. The van der Waals surface area contributed by atoms with Crippen LogP contribution in [-0.2, 0) is 4.79 Å². The lowest BCUT2D eigenvalue weighted by molar-refractivity contribution is -0.118. The van der Waals surface area contributed by atoms with E-state index in [1.54, 1.807) is 47.7 Å². The van der Waals surface area contributed by atoms with Crippen LogP contribution in [0, 0.1) is 0 Å². The molecule has 0 spiro atoms. The second-order valence-electron chi connectivity index (χ2n) is 5.95. The van der Waals surface area contributed by atoms with E-state index in [2.05, 4.69) is 10.3 Å². The summed E-state index contributed by atoms with van der Waals surface area (Å²) >= 11 is 14.0. The molecule has 1 aromatic heterocycles. The summed E-state index contributed by atoms with van der Waals surface area (Å²) in [5.41, 5.74) is 2.35. The third-order valence-corrected chi connectivity index (χ3v) is 5.67. The van der Waals surface area contributed by atoms with E-state index in [1.807, 2.05) is 30.3 Å². The summed E-state index contributed by atoms with van der Waals surface area (Å²) in [5.74, 6) is 0.159. The molecule has 140 valence electrons. The van der Waals surface area contributed by atoms with Gasteiger partial charge in [0.1, 0.15) is 10.8 Å². The Hall–Kier alpha value is -2.60. The van der Waals surface area contributed by atoms with E-state index in [4.69, 9.17) is 27.9 Å². The van der Waals surface area contributed by atoms with Gasteiger partial charge in [0.25, 0.3) is 5.91 Å². The molecule has 4 nitrogen and oxygen atoms in total. The van der Waals surface area contributed by atoms with E-state index in [0.29, 0.717) is 21.5 Å². The number of halogens is 2. The van der Waals surface area contributed by atoms with Gasteiger partial charge in [-0.1, -0.05) is 47.5 Å². The van der Waals surface area contributed by atoms with Crippen LogP contribution in [-0.4, -0.2) is 17.5 Å². The molecule has 0 aliphatic carbocycles. The molecular formula is C21H14Cl2N2O2S. The summed E-state index contributed by atoms with van der Waals surface area (Å²) in [7, 11) is 0. The zero-order valence-electron chi connectivity index (χ0n) is 14.5. The SMILES string of the molecule is O=C(COc1ccccc1Cl)Nc1ccc(-c2nc3ccccc3s2)c(Cl)c1. The van der Waals surface area contributed by atoms with Gasteiger partial charge in [-0.25, -0.2) is 4.98 Å². The number of thiazole rings is 1. The van der Waals surface area contributed by atoms with Gasteiger partial charge in [-0.05, 0) is 42.5 Å². The molecular weight excluding hydrogens is 415 g/mol. The summed E-state index contributed by atoms with van der Waals surface area (Å²) in [6.07, 6.45) is 0. The zero-order chi connectivity index (χ0) is 19.5. The average Bonchev–Trinajstić information content (AvgIpc) is 3.11. The molecule has 28 heavy (non-hydrogen) atoms. The van der Waals surface area contributed by atoms with E-state index in [0.717, 1.165) is 20.8 Å². The molecule has 0 radical (unpaired) electrons. The van der Waals surface area contributed by atoms with Crippen molar-refractivity contribution in [3.63, 3.8) is 0 Å². The van der Waals surface area contributed by atoms with Gasteiger partial charge in [-0.2, -0.15) is 0 Å². The average molecular weight is 429 g/mol. The van der Waals surface area contributed by atoms with Crippen LogP contribution in [0.25, 0.3) is 20.8 Å². The number of fused-ring (bicyclic) bond motifs is 1. The molecule has 1 N–H and O–H groups in total. The highest BCUT2D eigenvalue weighted by atomic mass is 35.5. The zero-order valence-corrected chi connectivity index (χ0v) is 16.8. The van der Waals surface area contributed by atoms with Crippen molar-refractivity contribution in [2.45, 2.75) is 0 Å². The number of amides is 1. The van der Waals surface area contributed by atoms with Crippen molar-refractivity contribution in [1.29, 1.82) is 0 Å². The van der Waals surface area contributed by atoms with Crippen molar-refractivity contribution in [3.8, 4) is 16.3 Å². The molecule has 3 aromatic carbocycles. The second-order valence-corrected chi connectivity index (χ2v) is 7.79. The Bertz CT molecular complexity index is 1130. The van der Waals surface area contributed by atoms with Crippen molar-refractivity contribution in [2.24, 2.45) is 0 Å². The molecule has 0 aliphatic rings. The van der Waals surface area contributed by atoms with E-state index in [1.165, 1.54) is 0 Å². The highest BCUT2D eigenvalue weighted by Gasteiger charge is 2.12. The molecule has 0 atom stereocenters. The van der Waals surface area contributed by atoms with Crippen LogP contribution in [0.4, 0.5) is 5.69 Å². The van der Waals surface area contributed by atoms with Crippen molar-refractivity contribution in [3.05, 3.63) is 76.8 Å². The predicted octanol–water partition coefficient (Wildman–Crippen LogP) is 6.29. The Morgan fingerprint density at radius 2 is 1.79 bits per heavy atom. The summed E-state index contributed by atoms with van der Waals surface area (Å²) in [5, 5.41) is 4.58. The maximum absolute atomic E-state index is 12.1. The first-order valence-corrected chi connectivity index (χ1v) is 10.00. The van der Waals surface area contributed by atoms with Gasteiger partial charge in [0.2, 0.25) is 0 Å². The number of rotatable bonds is 5. The summed E-state index contributed by atoms with van der Waals surface area (Å²) in [6, 6.07) is 20.3. The standard InChI is InChI=1S/C21H14Cl2N2O2S/c22-15-5-1-3-7-18(15)27-12-20(26)24-13-9-10-14(16(23)11-13)21-25-17-6-2-4-8-19(17)28-21/h1-11H,12H2,(H,24,26). The number of hydrogen-bond donors (Lipinski definition) is 1. The summed E-state index contributed by atoms with van der Waals surface area (Å²) in [6.45, 7) is -0.152. The molecule has 1 amide bonds.